The second-order valence-electron chi connectivity index (χ2n) is 13.6. The van der Waals surface area contributed by atoms with E-state index < -0.39 is 0 Å². The van der Waals surface area contributed by atoms with Gasteiger partial charge in [0.1, 0.15) is 6.10 Å². The topological polar surface area (TPSA) is 79.3 Å². The lowest BCUT2D eigenvalue weighted by atomic mass is 9.51. The second kappa shape index (κ2) is 10.5. The Morgan fingerprint density at radius 2 is 1.98 bits per heavy atom. The number of aliphatic hydroxyl groups excluding tert-OH is 1. The van der Waals surface area contributed by atoms with E-state index in [4.69, 9.17) is 9.47 Å². The molecule has 7 rings (SSSR count). The summed E-state index contributed by atoms with van der Waals surface area (Å²) >= 11 is 0. The molecule has 2 unspecified atom stereocenters. The Morgan fingerprint density at radius 3 is 2.69 bits per heavy atom. The number of likely N-dealkylation sites (tertiary alicyclic amines) is 1. The standard InChI is InChI=1S/C35H42N2O5/c1-21(2)19-37(31(40)14-9-23-7-5-4-6-8-23)27-12-11-26-28-17-24-10-13-30(41-22(3)38)33-32(24)35(26,34(27)42-33)15-16-36(28)20-25-18-29(25)39/h4-10,13-14,21,25-29,34,39H,11-12,15-20H2,1-3H3/t25?,26-,27+,28+,29?,34-,35-/m0/s1. The third kappa shape index (κ3) is 4.56. The van der Waals surface area contributed by atoms with Crippen molar-refractivity contribution in [3.63, 3.8) is 0 Å². The third-order valence-corrected chi connectivity index (χ3v) is 10.5. The first-order valence-electron chi connectivity index (χ1n) is 15.7. The van der Waals surface area contributed by atoms with Gasteiger partial charge in [0.2, 0.25) is 5.91 Å². The van der Waals surface area contributed by atoms with E-state index in [1.807, 2.05) is 42.5 Å². The molecule has 222 valence electrons. The zero-order valence-corrected chi connectivity index (χ0v) is 24.9. The van der Waals surface area contributed by atoms with Crippen molar-refractivity contribution in [2.45, 2.75) is 82.6 Å². The normalized spacial score (nSPS) is 32.4. The number of amides is 1. The first-order chi connectivity index (χ1) is 20.3. The van der Waals surface area contributed by atoms with Gasteiger partial charge in [-0.05, 0) is 73.8 Å². The highest BCUT2D eigenvalue weighted by atomic mass is 16.6. The van der Waals surface area contributed by atoms with Gasteiger partial charge in [0.05, 0.1) is 12.1 Å². The smallest absolute Gasteiger partial charge is 0.308 e. The van der Waals surface area contributed by atoms with Gasteiger partial charge in [-0.2, -0.15) is 0 Å². The molecule has 0 aromatic heterocycles. The predicted molar refractivity (Wildman–Crippen MR) is 160 cm³/mol. The zero-order chi connectivity index (χ0) is 29.2. The summed E-state index contributed by atoms with van der Waals surface area (Å²) in [5.41, 5.74) is 3.27. The number of esters is 1. The van der Waals surface area contributed by atoms with Gasteiger partial charge in [-0.15, -0.1) is 0 Å². The molecule has 2 aromatic rings. The number of ether oxygens (including phenoxy) is 2. The van der Waals surface area contributed by atoms with Crippen LogP contribution in [-0.4, -0.2) is 70.7 Å². The van der Waals surface area contributed by atoms with Gasteiger partial charge in [-0.3, -0.25) is 14.5 Å². The molecule has 7 heteroatoms. The van der Waals surface area contributed by atoms with E-state index in [0.29, 0.717) is 41.8 Å². The first kappa shape index (κ1) is 27.7. The largest absolute Gasteiger partial charge is 0.483 e. The molecule has 1 spiro atoms. The summed E-state index contributed by atoms with van der Waals surface area (Å²) in [6, 6.07) is 14.3. The van der Waals surface area contributed by atoms with E-state index in [1.165, 1.54) is 18.1 Å². The number of nitrogens with zero attached hydrogens (tertiary/aromatic N) is 2. The Bertz CT molecular complexity index is 1410. The molecule has 2 saturated carbocycles. The Balaban J connectivity index is 1.28. The van der Waals surface area contributed by atoms with E-state index in [2.05, 4.69) is 29.7 Å². The van der Waals surface area contributed by atoms with E-state index in [-0.39, 0.29) is 35.5 Å². The van der Waals surface area contributed by atoms with Crippen molar-refractivity contribution in [3.8, 4) is 11.5 Å². The van der Waals surface area contributed by atoms with Crippen LogP contribution in [0.3, 0.4) is 0 Å². The Labute approximate surface area is 248 Å². The van der Waals surface area contributed by atoms with Crippen molar-refractivity contribution in [2.24, 2.45) is 17.8 Å². The van der Waals surface area contributed by atoms with Gasteiger partial charge in [-0.25, -0.2) is 0 Å². The molecule has 1 amide bonds. The maximum Gasteiger partial charge on any atom is 0.308 e. The lowest BCUT2D eigenvalue weighted by Gasteiger charge is -2.60. The summed E-state index contributed by atoms with van der Waals surface area (Å²) in [6.45, 7) is 8.30. The number of carbonyl (C=O) groups excluding carboxylic acids is 2. The lowest BCUT2D eigenvalue weighted by molar-refractivity contribution is -0.138. The van der Waals surface area contributed by atoms with Gasteiger partial charge < -0.3 is 19.5 Å². The van der Waals surface area contributed by atoms with Crippen LogP contribution in [0.2, 0.25) is 0 Å². The second-order valence-corrected chi connectivity index (χ2v) is 13.6. The molecule has 1 N–H and O–H groups in total. The number of rotatable bonds is 8. The molecule has 7 nitrogen and oxygen atoms in total. The Kier molecular flexibility index (Phi) is 6.93. The Hall–Kier alpha value is -3.16. The van der Waals surface area contributed by atoms with Crippen LogP contribution in [0.15, 0.2) is 48.5 Å². The third-order valence-electron chi connectivity index (χ3n) is 10.5. The van der Waals surface area contributed by atoms with E-state index in [1.54, 1.807) is 6.08 Å². The van der Waals surface area contributed by atoms with Crippen molar-refractivity contribution in [2.75, 3.05) is 19.6 Å². The molecule has 2 heterocycles. The molecule has 1 saturated heterocycles. The average Bonchev–Trinajstić information content (AvgIpc) is 3.54. The highest BCUT2D eigenvalue weighted by Crippen LogP contribution is 2.64. The molecule has 0 radical (unpaired) electrons. The van der Waals surface area contributed by atoms with Crippen molar-refractivity contribution in [3.05, 3.63) is 65.2 Å². The summed E-state index contributed by atoms with van der Waals surface area (Å²) in [7, 11) is 0. The quantitative estimate of drug-likeness (QED) is 0.284. The number of benzene rings is 2. The van der Waals surface area contributed by atoms with Crippen LogP contribution in [0.25, 0.3) is 6.08 Å². The minimum Gasteiger partial charge on any atom is -0.483 e. The number of aliphatic hydroxyl groups is 1. The predicted octanol–water partition coefficient (Wildman–Crippen LogP) is 4.60. The first-order valence-corrected chi connectivity index (χ1v) is 15.7. The van der Waals surface area contributed by atoms with Crippen LogP contribution in [0.1, 0.15) is 63.1 Å². The minimum atomic E-state index is -0.357. The minimum absolute atomic E-state index is 0.0138. The van der Waals surface area contributed by atoms with Crippen molar-refractivity contribution < 1.29 is 24.2 Å². The summed E-state index contributed by atoms with van der Waals surface area (Å²) < 4.78 is 12.7. The molecule has 7 atom stereocenters. The van der Waals surface area contributed by atoms with E-state index >= 15 is 0 Å². The number of hydrogen-bond donors (Lipinski definition) is 1. The van der Waals surface area contributed by atoms with E-state index in [9.17, 15) is 14.7 Å². The molecule has 2 aromatic carbocycles. The summed E-state index contributed by atoms with van der Waals surface area (Å²) in [4.78, 5) is 30.7. The van der Waals surface area contributed by atoms with Crippen molar-refractivity contribution in [1.29, 1.82) is 0 Å². The lowest BCUT2D eigenvalue weighted by Crippen LogP contribution is -2.69. The molecular weight excluding hydrogens is 528 g/mol. The Morgan fingerprint density at radius 1 is 1.19 bits per heavy atom. The molecule has 3 aliphatic carbocycles. The average molecular weight is 571 g/mol. The zero-order valence-electron chi connectivity index (χ0n) is 24.9. The van der Waals surface area contributed by atoms with Gasteiger partial charge in [0.25, 0.3) is 0 Å². The van der Waals surface area contributed by atoms with Gasteiger partial charge in [0.15, 0.2) is 11.5 Å². The maximum absolute atomic E-state index is 14.0. The van der Waals surface area contributed by atoms with Crippen LogP contribution in [0.4, 0.5) is 0 Å². The highest BCUT2D eigenvalue weighted by molar-refractivity contribution is 5.92. The van der Waals surface area contributed by atoms with Crippen LogP contribution in [0.5, 0.6) is 11.5 Å². The molecule has 3 fully saturated rings. The van der Waals surface area contributed by atoms with Crippen LogP contribution >= 0.6 is 0 Å². The fraction of sp³-hybridized carbons (Fsp3) is 0.543. The van der Waals surface area contributed by atoms with Crippen LogP contribution in [0, 0.1) is 17.8 Å². The van der Waals surface area contributed by atoms with Gasteiger partial charge in [-0.1, -0.05) is 50.2 Å². The molecular formula is C35H42N2O5. The molecule has 42 heavy (non-hydrogen) atoms. The van der Waals surface area contributed by atoms with Crippen LogP contribution < -0.4 is 9.47 Å². The molecule has 5 aliphatic rings. The van der Waals surface area contributed by atoms with Crippen LogP contribution in [-0.2, 0) is 21.4 Å². The maximum atomic E-state index is 14.0. The summed E-state index contributed by atoms with van der Waals surface area (Å²) in [5.74, 6) is 1.94. The SMILES string of the molecule is CC(=O)Oc1ccc2c3c1O[C@H]1[C@H](N(CC(C)C)C(=O)C=Cc4ccccc4)CC[C@H]4[C@@H](C2)N(CC2CC2O)CC[C@@]341. The highest BCUT2D eigenvalue weighted by Gasteiger charge is 2.67. The van der Waals surface area contributed by atoms with Crippen molar-refractivity contribution in [1.82, 2.24) is 9.80 Å². The van der Waals surface area contributed by atoms with E-state index in [0.717, 1.165) is 50.8 Å². The molecule has 2 aliphatic heterocycles. The fourth-order valence-corrected chi connectivity index (χ4v) is 8.71. The monoisotopic (exact) mass is 570 g/mol. The number of carbonyl (C=O) groups is 2. The molecule has 2 bridgehead atoms. The summed E-state index contributed by atoms with van der Waals surface area (Å²) in [5, 5.41) is 10.1. The fourth-order valence-electron chi connectivity index (χ4n) is 8.71. The summed E-state index contributed by atoms with van der Waals surface area (Å²) in [6.07, 6.45) is 7.92. The van der Waals surface area contributed by atoms with Gasteiger partial charge >= 0.3 is 5.97 Å². The number of hydrogen-bond acceptors (Lipinski definition) is 6. The van der Waals surface area contributed by atoms with Crippen molar-refractivity contribution >= 4 is 18.0 Å². The van der Waals surface area contributed by atoms with Gasteiger partial charge in [0, 0.05) is 49.0 Å². The number of piperidine rings is 1.